The molecule has 0 unspecified atom stereocenters. The van der Waals surface area contributed by atoms with Gasteiger partial charge in [0.2, 0.25) is 0 Å². The van der Waals surface area contributed by atoms with E-state index in [1.807, 2.05) is 51.0 Å². The lowest BCUT2D eigenvalue weighted by atomic mass is 9.91. The largest absolute Gasteiger partial charge is 0.367 e. The van der Waals surface area contributed by atoms with Gasteiger partial charge in [-0.25, -0.2) is 14.8 Å². The van der Waals surface area contributed by atoms with E-state index in [-0.39, 0.29) is 12.1 Å². The van der Waals surface area contributed by atoms with Crippen LogP contribution in [0.3, 0.4) is 0 Å². The van der Waals surface area contributed by atoms with Crippen molar-refractivity contribution >= 4 is 23.4 Å². The van der Waals surface area contributed by atoms with Gasteiger partial charge in [0.15, 0.2) is 0 Å². The fraction of sp³-hybridized carbons (Fsp3) is 0.522. The van der Waals surface area contributed by atoms with Crippen LogP contribution in [0.15, 0.2) is 24.3 Å². The molecule has 162 valence electrons. The van der Waals surface area contributed by atoms with E-state index >= 15 is 0 Å². The quantitative estimate of drug-likeness (QED) is 0.663. The normalized spacial score (nSPS) is 18.6. The standard InChI is InChI=1S/C23H34N6O/c1-6-17-9-7-8-15(2)22(17)28-23(30)27-19-12-10-18(11-13-19)26-20-14-21(29(4)5)25-16(3)24-20/h7-9,14,18-19H,6,10-13H2,1-5H3,(H,24,25,26)(H2,27,28,30). The summed E-state index contributed by atoms with van der Waals surface area (Å²) in [7, 11) is 3.96. The number of aromatic nitrogens is 2. The number of benzene rings is 1. The highest BCUT2D eigenvalue weighted by Gasteiger charge is 2.23. The first-order valence-corrected chi connectivity index (χ1v) is 10.8. The van der Waals surface area contributed by atoms with E-state index in [9.17, 15) is 4.79 Å². The first-order valence-electron chi connectivity index (χ1n) is 10.8. The Morgan fingerprint density at radius 1 is 1.10 bits per heavy atom. The van der Waals surface area contributed by atoms with E-state index in [0.717, 1.165) is 66.4 Å². The average molecular weight is 411 g/mol. The van der Waals surface area contributed by atoms with Crippen molar-refractivity contribution < 1.29 is 4.79 Å². The van der Waals surface area contributed by atoms with Crippen LogP contribution in [0, 0.1) is 13.8 Å². The minimum absolute atomic E-state index is 0.113. The summed E-state index contributed by atoms with van der Waals surface area (Å²) in [5.41, 5.74) is 3.19. The van der Waals surface area contributed by atoms with E-state index in [1.165, 1.54) is 0 Å². The van der Waals surface area contributed by atoms with Gasteiger partial charge in [-0.05, 0) is 57.1 Å². The summed E-state index contributed by atoms with van der Waals surface area (Å²) in [5, 5.41) is 9.76. The Hall–Kier alpha value is -2.83. The first-order chi connectivity index (χ1) is 14.4. The Balaban J connectivity index is 1.51. The minimum Gasteiger partial charge on any atom is -0.367 e. The van der Waals surface area contributed by atoms with E-state index in [4.69, 9.17) is 0 Å². The van der Waals surface area contributed by atoms with Crippen LogP contribution in [-0.4, -0.2) is 42.2 Å². The third kappa shape index (κ3) is 5.62. The molecule has 0 bridgehead atoms. The number of hydrogen-bond donors (Lipinski definition) is 3. The highest BCUT2D eigenvalue weighted by molar-refractivity contribution is 5.91. The van der Waals surface area contributed by atoms with Gasteiger partial charge in [0.25, 0.3) is 0 Å². The lowest BCUT2D eigenvalue weighted by Gasteiger charge is -2.30. The van der Waals surface area contributed by atoms with E-state index in [2.05, 4.69) is 38.9 Å². The fourth-order valence-corrected chi connectivity index (χ4v) is 3.98. The predicted molar refractivity (Wildman–Crippen MR) is 123 cm³/mol. The number of nitrogens with zero attached hydrogens (tertiary/aromatic N) is 3. The zero-order valence-electron chi connectivity index (χ0n) is 18.7. The second-order valence-corrected chi connectivity index (χ2v) is 8.31. The van der Waals surface area contributed by atoms with Gasteiger partial charge in [-0.2, -0.15) is 0 Å². The summed E-state index contributed by atoms with van der Waals surface area (Å²) in [6.45, 7) is 6.05. The Bertz CT molecular complexity index is 874. The molecule has 1 fully saturated rings. The molecule has 0 atom stereocenters. The molecule has 7 nitrogen and oxygen atoms in total. The molecule has 0 radical (unpaired) electrons. The summed E-state index contributed by atoms with van der Waals surface area (Å²) in [5.74, 6) is 2.53. The van der Waals surface area contributed by atoms with Crippen molar-refractivity contribution in [3.63, 3.8) is 0 Å². The smallest absolute Gasteiger partial charge is 0.319 e. The molecule has 0 saturated heterocycles. The number of nitrogens with one attached hydrogen (secondary N) is 3. The maximum atomic E-state index is 12.6. The SMILES string of the molecule is CCc1cccc(C)c1NC(=O)NC1CCC(Nc2cc(N(C)C)nc(C)n2)CC1. The van der Waals surface area contributed by atoms with Gasteiger partial charge in [0.1, 0.15) is 17.5 Å². The van der Waals surface area contributed by atoms with E-state index in [0.29, 0.717) is 6.04 Å². The zero-order chi connectivity index (χ0) is 21.7. The molecule has 2 amide bonds. The summed E-state index contributed by atoms with van der Waals surface area (Å²) >= 11 is 0. The van der Waals surface area contributed by atoms with Crippen LogP contribution in [0.25, 0.3) is 0 Å². The Kier molecular flexibility index (Phi) is 7.13. The maximum absolute atomic E-state index is 12.6. The van der Waals surface area contributed by atoms with Crippen molar-refractivity contribution in [3.8, 4) is 0 Å². The van der Waals surface area contributed by atoms with Crippen molar-refractivity contribution in [2.24, 2.45) is 0 Å². The highest BCUT2D eigenvalue weighted by Crippen LogP contribution is 2.24. The van der Waals surface area contributed by atoms with E-state index < -0.39 is 0 Å². The number of anilines is 3. The molecule has 3 rings (SSSR count). The predicted octanol–water partition coefficient (Wildman–Crippen LogP) is 4.27. The van der Waals surface area contributed by atoms with Gasteiger partial charge in [0, 0.05) is 37.9 Å². The van der Waals surface area contributed by atoms with Crippen molar-refractivity contribution in [2.75, 3.05) is 29.6 Å². The number of amides is 2. The first kappa shape index (κ1) is 21.9. The molecule has 1 aliphatic rings. The number of urea groups is 1. The second-order valence-electron chi connectivity index (χ2n) is 8.31. The highest BCUT2D eigenvalue weighted by atomic mass is 16.2. The Labute approximate surface area is 179 Å². The molecule has 3 N–H and O–H groups in total. The zero-order valence-corrected chi connectivity index (χ0v) is 18.7. The Morgan fingerprint density at radius 2 is 1.80 bits per heavy atom. The van der Waals surface area contributed by atoms with Gasteiger partial charge in [0.05, 0.1) is 0 Å². The van der Waals surface area contributed by atoms with Gasteiger partial charge >= 0.3 is 6.03 Å². The molecule has 1 aromatic heterocycles. The number of carbonyl (C=O) groups is 1. The number of hydrogen-bond acceptors (Lipinski definition) is 5. The van der Waals surface area contributed by atoms with Gasteiger partial charge in [-0.3, -0.25) is 0 Å². The van der Waals surface area contributed by atoms with Gasteiger partial charge in [-0.1, -0.05) is 25.1 Å². The molecule has 1 saturated carbocycles. The summed E-state index contributed by atoms with van der Waals surface area (Å²) in [4.78, 5) is 23.5. The number of aryl methyl sites for hydroxylation is 3. The second kappa shape index (κ2) is 9.78. The molecule has 1 aromatic carbocycles. The van der Waals surface area contributed by atoms with Crippen molar-refractivity contribution in [3.05, 3.63) is 41.2 Å². The number of para-hydroxylation sites is 1. The van der Waals surface area contributed by atoms with Crippen molar-refractivity contribution in [1.82, 2.24) is 15.3 Å². The summed E-state index contributed by atoms with van der Waals surface area (Å²) < 4.78 is 0. The molecular formula is C23H34N6O. The molecule has 7 heteroatoms. The lowest BCUT2D eigenvalue weighted by Crippen LogP contribution is -2.42. The van der Waals surface area contributed by atoms with Crippen LogP contribution >= 0.6 is 0 Å². The van der Waals surface area contributed by atoms with Crippen LogP contribution in [0.5, 0.6) is 0 Å². The fourth-order valence-electron chi connectivity index (χ4n) is 3.98. The van der Waals surface area contributed by atoms with Gasteiger partial charge in [-0.15, -0.1) is 0 Å². The third-order valence-corrected chi connectivity index (χ3v) is 5.68. The minimum atomic E-state index is -0.113. The van der Waals surface area contributed by atoms with Crippen molar-refractivity contribution in [2.45, 2.75) is 65.0 Å². The maximum Gasteiger partial charge on any atom is 0.319 e. The molecular weight excluding hydrogens is 376 g/mol. The molecule has 30 heavy (non-hydrogen) atoms. The topological polar surface area (TPSA) is 82.2 Å². The van der Waals surface area contributed by atoms with Gasteiger partial charge < -0.3 is 20.9 Å². The average Bonchev–Trinajstić information content (AvgIpc) is 2.70. The van der Waals surface area contributed by atoms with Crippen LogP contribution in [0.4, 0.5) is 22.1 Å². The van der Waals surface area contributed by atoms with Crippen LogP contribution < -0.4 is 20.9 Å². The Morgan fingerprint density at radius 3 is 2.47 bits per heavy atom. The van der Waals surface area contributed by atoms with Crippen LogP contribution in [0.2, 0.25) is 0 Å². The molecule has 0 aliphatic heterocycles. The molecule has 2 aromatic rings. The molecule has 0 spiro atoms. The van der Waals surface area contributed by atoms with E-state index in [1.54, 1.807) is 0 Å². The summed E-state index contributed by atoms with van der Waals surface area (Å²) in [6.07, 6.45) is 4.78. The number of carbonyl (C=O) groups excluding carboxylic acids is 1. The molecule has 1 aliphatic carbocycles. The monoisotopic (exact) mass is 410 g/mol. The third-order valence-electron chi connectivity index (χ3n) is 5.68. The van der Waals surface area contributed by atoms with Crippen molar-refractivity contribution in [1.29, 1.82) is 0 Å². The summed E-state index contributed by atoms with van der Waals surface area (Å²) in [6, 6.07) is 8.56. The molecule has 1 heterocycles. The van der Waals surface area contributed by atoms with Crippen LogP contribution in [-0.2, 0) is 6.42 Å². The lowest BCUT2D eigenvalue weighted by molar-refractivity contribution is 0.243. The van der Waals surface area contributed by atoms with Crippen LogP contribution in [0.1, 0.15) is 49.6 Å². The number of rotatable bonds is 6.